The highest BCUT2D eigenvalue weighted by Gasteiger charge is 2.25. The van der Waals surface area contributed by atoms with Crippen molar-refractivity contribution in [1.82, 2.24) is 15.2 Å². The van der Waals surface area contributed by atoms with Crippen LogP contribution in [0.3, 0.4) is 0 Å². The molecule has 0 saturated carbocycles. The number of likely N-dealkylation sites (tertiary alicyclic amines) is 1. The standard InChI is InChI=1S/C16H21N3OS2/c1-11(14-10-22-12(2)18-14)17-13-5-7-19(8-6-13)16(20)15-4-3-9-21-15/h3-4,9-11,13,17H,5-8H2,1-2H3/t11-/m1/s1. The van der Waals surface area contributed by atoms with Gasteiger partial charge in [-0.3, -0.25) is 4.79 Å². The van der Waals surface area contributed by atoms with Gasteiger partial charge in [-0.05, 0) is 38.1 Å². The summed E-state index contributed by atoms with van der Waals surface area (Å²) in [6.07, 6.45) is 2.01. The molecule has 118 valence electrons. The lowest BCUT2D eigenvalue weighted by molar-refractivity contribution is 0.0707. The molecule has 3 heterocycles. The number of thiazole rings is 1. The third-order valence-corrected chi connectivity index (χ3v) is 5.73. The maximum Gasteiger partial charge on any atom is 0.263 e. The summed E-state index contributed by atoms with van der Waals surface area (Å²) >= 11 is 3.22. The lowest BCUT2D eigenvalue weighted by Crippen LogP contribution is -2.45. The van der Waals surface area contributed by atoms with Crippen molar-refractivity contribution in [3.05, 3.63) is 38.5 Å². The van der Waals surface area contributed by atoms with Gasteiger partial charge in [0.2, 0.25) is 0 Å². The van der Waals surface area contributed by atoms with Gasteiger partial charge in [0.05, 0.1) is 15.6 Å². The van der Waals surface area contributed by atoms with Crippen molar-refractivity contribution in [1.29, 1.82) is 0 Å². The number of carbonyl (C=O) groups excluding carboxylic acids is 1. The van der Waals surface area contributed by atoms with Crippen LogP contribution in [0.5, 0.6) is 0 Å². The molecule has 1 amide bonds. The maximum absolute atomic E-state index is 12.3. The summed E-state index contributed by atoms with van der Waals surface area (Å²) in [5, 5.41) is 8.85. The van der Waals surface area contributed by atoms with Crippen LogP contribution in [0.25, 0.3) is 0 Å². The van der Waals surface area contributed by atoms with E-state index in [4.69, 9.17) is 0 Å². The monoisotopic (exact) mass is 335 g/mol. The lowest BCUT2D eigenvalue weighted by atomic mass is 10.0. The number of rotatable bonds is 4. The Morgan fingerprint density at radius 2 is 2.18 bits per heavy atom. The molecule has 1 atom stereocenters. The van der Waals surface area contributed by atoms with Crippen molar-refractivity contribution in [3.8, 4) is 0 Å². The third-order valence-electron chi connectivity index (χ3n) is 4.08. The van der Waals surface area contributed by atoms with E-state index >= 15 is 0 Å². The van der Waals surface area contributed by atoms with Crippen LogP contribution in [0.1, 0.15) is 46.2 Å². The van der Waals surface area contributed by atoms with E-state index in [2.05, 4.69) is 22.6 Å². The molecule has 0 aliphatic carbocycles. The van der Waals surface area contributed by atoms with Gasteiger partial charge in [-0.25, -0.2) is 4.98 Å². The van der Waals surface area contributed by atoms with Crippen molar-refractivity contribution in [2.45, 2.75) is 38.8 Å². The molecule has 0 bridgehead atoms. The highest BCUT2D eigenvalue weighted by atomic mass is 32.1. The minimum Gasteiger partial charge on any atom is -0.338 e. The van der Waals surface area contributed by atoms with Crippen molar-refractivity contribution in [2.24, 2.45) is 0 Å². The number of nitrogens with one attached hydrogen (secondary N) is 1. The van der Waals surface area contributed by atoms with E-state index in [1.165, 1.54) is 11.3 Å². The molecule has 0 radical (unpaired) electrons. The highest BCUT2D eigenvalue weighted by molar-refractivity contribution is 7.12. The van der Waals surface area contributed by atoms with Crippen LogP contribution in [-0.2, 0) is 0 Å². The summed E-state index contributed by atoms with van der Waals surface area (Å²) in [7, 11) is 0. The van der Waals surface area contributed by atoms with Gasteiger partial charge >= 0.3 is 0 Å². The molecule has 1 aliphatic heterocycles. The fourth-order valence-corrected chi connectivity index (χ4v) is 4.22. The van der Waals surface area contributed by atoms with Gasteiger partial charge in [-0.2, -0.15) is 0 Å². The number of aryl methyl sites for hydroxylation is 1. The number of amides is 1. The molecule has 22 heavy (non-hydrogen) atoms. The van der Waals surface area contributed by atoms with E-state index in [0.29, 0.717) is 6.04 Å². The van der Waals surface area contributed by atoms with Crippen LogP contribution in [0, 0.1) is 6.92 Å². The Hall–Kier alpha value is -1.24. The predicted octanol–water partition coefficient (Wildman–Crippen LogP) is 3.47. The molecule has 3 rings (SSSR count). The lowest BCUT2D eigenvalue weighted by Gasteiger charge is -2.33. The van der Waals surface area contributed by atoms with Gasteiger partial charge in [-0.1, -0.05) is 6.07 Å². The van der Waals surface area contributed by atoms with E-state index in [0.717, 1.165) is 41.5 Å². The molecule has 4 nitrogen and oxygen atoms in total. The average Bonchev–Trinajstić information content (AvgIpc) is 3.18. The largest absolute Gasteiger partial charge is 0.338 e. The number of carbonyl (C=O) groups is 1. The van der Waals surface area contributed by atoms with Crippen molar-refractivity contribution in [3.63, 3.8) is 0 Å². The molecular weight excluding hydrogens is 314 g/mol. The van der Waals surface area contributed by atoms with Gasteiger partial charge in [0.1, 0.15) is 0 Å². The Morgan fingerprint density at radius 1 is 1.41 bits per heavy atom. The maximum atomic E-state index is 12.3. The van der Waals surface area contributed by atoms with E-state index in [1.54, 1.807) is 11.3 Å². The van der Waals surface area contributed by atoms with E-state index in [1.807, 2.05) is 29.3 Å². The first kappa shape index (κ1) is 15.6. The zero-order valence-electron chi connectivity index (χ0n) is 12.9. The van der Waals surface area contributed by atoms with Crippen molar-refractivity contribution >= 4 is 28.6 Å². The summed E-state index contributed by atoms with van der Waals surface area (Å²) in [4.78, 5) is 19.7. The molecular formula is C16H21N3OS2. The highest BCUT2D eigenvalue weighted by Crippen LogP contribution is 2.21. The second-order valence-electron chi connectivity index (χ2n) is 5.72. The zero-order chi connectivity index (χ0) is 15.5. The van der Waals surface area contributed by atoms with Crippen molar-refractivity contribution < 1.29 is 4.79 Å². The molecule has 1 saturated heterocycles. The van der Waals surface area contributed by atoms with Crippen LogP contribution < -0.4 is 5.32 Å². The summed E-state index contributed by atoms with van der Waals surface area (Å²) in [6, 6.07) is 4.58. The van der Waals surface area contributed by atoms with Crippen LogP contribution in [0.2, 0.25) is 0 Å². The Morgan fingerprint density at radius 3 is 2.77 bits per heavy atom. The minimum atomic E-state index is 0.177. The second kappa shape index (κ2) is 6.89. The third kappa shape index (κ3) is 3.56. The predicted molar refractivity (Wildman–Crippen MR) is 91.6 cm³/mol. The molecule has 0 unspecified atom stereocenters. The average molecular weight is 335 g/mol. The second-order valence-corrected chi connectivity index (χ2v) is 7.73. The van der Waals surface area contributed by atoms with Gasteiger partial charge in [0.15, 0.2) is 0 Å². The smallest absolute Gasteiger partial charge is 0.263 e. The molecule has 0 aromatic carbocycles. The van der Waals surface area contributed by atoms with E-state index in [-0.39, 0.29) is 11.9 Å². The number of thiophene rings is 1. The quantitative estimate of drug-likeness (QED) is 0.930. The number of hydrogen-bond donors (Lipinski definition) is 1. The van der Waals surface area contributed by atoms with Gasteiger partial charge in [0.25, 0.3) is 5.91 Å². The summed E-state index contributed by atoms with van der Waals surface area (Å²) < 4.78 is 0. The van der Waals surface area contributed by atoms with Crippen LogP contribution in [-0.4, -0.2) is 34.9 Å². The van der Waals surface area contributed by atoms with Gasteiger partial charge in [0, 0.05) is 30.6 Å². The van der Waals surface area contributed by atoms with Crippen LogP contribution in [0.4, 0.5) is 0 Å². The number of hydrogen-bond acceptors (Lipinski definition) is 5. The molecule has 2 aromatic rings. The normalized spacial score (nSPS) is 17.6. The van der Waals surface area contributed by atoms with Gasteiger partial charge in [-0.15, -0.1) is 22.7 Å². The first-order valence-corrected chi connectivity index (χ1v) is 9.40. The van der Waals surface area contributed by atoms with Crippen molar-refractivity contribution in [2.75, 3.05) is 13.1 Å². The summed E-state index contributed by atoms with van der Waals surface area (Å²) in [5.74, 6) is 0.177. The Balaban J connectivity index is 1.50. The summed E-state index contributed by atoms with van der Waals surface area (Å²) in [5.41, 5.74) is 1.12. The fourth-order valence-electron chi connectivity index (χ4n) is 2.82. The fraction of sp³-hybridized carbons (Fsp3) is 0.500. The number of nitrogens with zero attached hydrogens (tertiary/aromatic N) is 2. The van der Waals surface area contributed by atoms with Crippen LogP contribution >= 0.6 is 22.7 Å². The Bertz CT molecular complexity index is 615. The molecule has 1 fully saturated rings. The molecule has 6 heteroatoms. The van der Waals surface area contributed by atoms with Gasteiger partial charge < -0.3 is 10.2 Å². The first-order valence-electron chi connectivity index (χ1n) is 7.64. The topological polar surface area (TPSA) is 45.2 Å². The minimum absolute atomic E-state index is 0.177. The number of aromatic nitrogens is 1. The van der Waals surface area contributed by atoms with E-state index < -0.39 is 0 Å². The Kier molecular flexibility index (Phi) is 4.90. The van der Waals surface area contributed by atoms with E-state index in [9.17, 15) is 4.79 Å². The molecule has 1 N–H and O–H groups in total. The first-order chi connectivity index (χ1) is 10.6. The molecule has 1 aliphatic rings. The zero-order valence-corrected chi connectivity index (χ0v) is 14.5. The molecule has 0 spiro atoms. The Labute approximate surface area is 139 Å². The SMILES string of the molecule is Cc1nc([C@@H](C)NC2CCN(C(=O)c3cccs3)CC2)cs1. The number of piperidine rings is 1. The molecule has 2 aromatic heterocycles. The summed E-state index contributed by atoms with van der Waals surface area (Å²) in [6.45, 7) is 5.86. The van der Waals surface area contributed by atoms with Crippen LogP contribution in [0.15, 0.2) is 22.9 Å².